The molecule has 1 aliphatic rings. The van der Waals surface area contributed by atoms with Crippen molar-refractivity contribution in [2.45, 2.75) is 39.2 Å². The van der Waals surface area contributed by atoms with Gasteiger partial charge in [-0.25, -0.2) is 0 Å². The fourth-order valence-corrected chi connectivity index (χ4v) is 3.75. The number of benzene rings is 2. The summed E-state index contributed by atoms with van der Waals surface area (Å²) in [4.78, 5) is 60.6. The predicted molar refractivity (Wildman–Crippen MR) is 131 cm³/mol. The number of halogens is 1. The van der Waals surface area contributed by atoms with Gasteiger partial charge in [0.2, 0.25) is 24.1 Å². The smallest absolute Gasteiger partial charge is 0.255 e. The van der Waals surface area contributed by atoms with Crippen LogP contribution in [0, 0.1) is 6.92 Å². The fourth-order valence-electron chi connectivity index (χ4n) is 3.57. The molecular weight excluding hydrogens is 472 g/mol. The van der Waals surface area contributed by atoms with Crippen LogP contribution in [0.3, 0.4) is 0 Å². The largest absolute Gasteiger partial charge is 0.359 e. The highest BCUT2D eigenvalue weighted by molar-refractivity contribution is 6.31. The van der Waals surface area contributed by atoms with Crippen LogP contribution in [-0.2, 0) is 30.4 Å². The van der Waals surface area contributed by atoms with Gasteiger partial charge in [0.1, 0.15) is 6.04 Å². The fraction of sp³-hybridized carbons (Fsp3) is 0.240. The van der Waals surface area contributed by atoms with E-state index in [1.165, 1.54) is 6.08 Å². The van der Waals surface area contributed by atoms with Gasteiger partial charge in [-0.05, 0) is 55.7 Å². The lowest BCUT2D eigenvalue weighted by Crippen LogP contribution is -2.53. The number of amides is 5. The van der Waals surface area contributed by atoms with Crippen molar-refractivity contribution in [2.75, 3.05) is 10.6 Å². The summed E-state index contributed by atoms with van der Waals surface area (Å²) < 4.78 is 0. The number of piperidine rings is 1. The number of allylic oxidation sites excluding steroid dienone is 1. The summed E-state index contributed by atoms with van der Waals surface area (Å²) in [5.74, 6) is -2.02. The van der Waals surface area contributed by atoms with E-state index in [2.05, 4.69) is 16.0 Å². The quantitative estimate of drug-likeness (QED) is 0.293. The first-order valence-corrected chi connectivity index (χ1v) is 11.3. The number of carbonyl (C=O) groups is 5. The summed E-state index contributed by atoms with van der Waals surface area (Å²) in [6, 6.07) is 11.4. The third-order valence-electron chi connectivity index (χ3n) is 5.34. The van der Waals surface area contributed by atoms with Crippen LogP contribution in [0.4, 0.5) is 11.4 Å². The zero-order chi connectivity index (χ0) is 25.5. The minimum Gasteiger partial charge on any atom is -0.359 e. The third kappa shape index (κ3) is 7.00. The second kappa shape index (κ2) is 11.4. The Morgan fingerprint density at radius 1 is 1.14 bits per heavy atom. The molecule has 0 bridgehead atoms. The van der Waals surface area contributed by atoms with Gasteiger partial charge >= 0.3 is 0 Å². The van der Waals surface area contributed by atoms with Crippen molar-refractivity contribution in [2.24, 2.45) is 0 Å². The van der Waals surface area contributed by atoms with E-state index in [0.717, 1.165) is 16.0 Å². The van der Waals surface area contributed by atoms with Gasteiger partial charge in [-0.15, -0.1) is 0 Å². The highest BCUT2D eigenvalue weighted by Crippen LogP contribution is 2.21. The SMILES string of the molecule is C/C(=C\C(=O)N(C=O)C1CCC(=O)NC1=O)Nc1cccc(CC(=O)Nc2ccc(C)c(Cl)c2)c1. The molecule has 10 heteroatoms. The Morgan fingerprint density at radius 3 is 2.57 bits per heavy atom. The van der Waals surface area contributed by atoms with Gasteiger partial charge in [0, 0.05) is 34.6 Å². The minimum absolute atomic E-state index is 0.0479. The number of carbonyl (C=O) groups excluding carboxylic acids is 5. The van der Waals surface area contributed by atoms with E-state index in [1.54, 1.807) is 43.3 Å². The van der Waals surface area contributed by atoms with Crippen molar-refractivity contribution in [3.05, 3.63) is 70.4 Å². The van der Waals surface area contributed by atoms with E-state index in [1.807, 2.05) is 13.0 Å². The maximum Gasteiger partial charge on any atom is 0.255 e. The molecule has 3 rings (SSSR count). The lowest BCUT2D eigenvalue weighted by Gasteiger charge is -2.27. The number of hydrogen-bond donors (Lipinski definition) is 3. The van der Waals surface area contributed by atoms with Crippen molar-refractivity contribution in [1.82, 2.24) is 10.2 Å². The van der Waals surface area contributed by atoms with E-state index >= 15 is 0 Å². The Bertz CT molecular complexity index is 1210. The molecule has 1 fully saturated rings. The number of hydrogen-bond acceptors (Lipinski definition) is 6. The van der Waals surface area contributed by atoms with Crippen LogP contribution in [0.25, 0.3) is 0 Å². The van der Waals surface area contributed by atoms with Crippen LogP contribution >= 0.6 is 11.6 Å². The van der Waals surface area contributed by atoms with Crippen molar-refractivity contribution in [3.63, 3.8) is 0 Å². The van der Waals surface area contributed by atoms with Crippen molar-refractivity contribution < 1.29 is 24.0 Å². The highest BCUT2D eigenvalue weighted by atomic mass is 35.5. The first kappa shape index (κ1) is 25.6. The minimum atomic E-state index is -1.04. The Hall–Kier alpha value is -3.98. The molecule has 0 aromatic heterocycles. The van der Waals surface area contributed by atoms with Crippen LogP contribution in [0.5, 0.6) is 0 Å². The zero-order valence-corrected chi connectivity index (χ0v) is 20.0. The molecule has 182 valence electrons. The predicted octanol–water partition coefficient (Wildman–Crippen LogP) is 2.94. The van der Waals surface area contributed by atoms with Gasteiger partial charge in [-0.1, -0.05) is 29.8 Å². The maximum absolute atomic E-state index is 12.6. The van der Waals surface area contributed by atoms with Gasteiger partial charge in [-0.2, -0.15) is 0 Å². The lowest BCUT2D eigenvalue weighted by molar-refractivity contribution is -0.148. The lowest BCUT2D eigenvalue weighted by atomic mass is 10.0. The van der Waals surface area contributed by atoms with E-state index in [9.17, 15) is 24.0 Å². The molecule has 1 unspecified atom stereocenters. The average molecular weight is 497 g/mol. The second-order valence-corrected chi connectivity index (χ2v) is 8.57. The molecule has 2 aromatic carbocycles. The average Bonchev–Trinajstić information content (AvgIpc) is 2.78. The summed E-state index contributed by atoms with van der Waals surface area (Å²) in [6.07, 6.45) is 1.73. The molecule has 0 spiro atoms. The number of aryl methyl sites for hydroxylation is 1. The maximum atomic E-state index is 12.6. The van der Waals surface area contributed by atoms with Crippen molar-refractivity contribution >= 4 is 53.0 Å². The molecule has 1 saturated heterocycles. The van der Waals surface area contributed by atoms with Crippen molar-refractivity contribution in [1.29, 1.82) is 0 Å². The Kier molecular flexibility index (Phi) is 8.38. The van der Waals surface area contributed by atoms with Crippen LogP contribution in [-0.4, -0.2) is 41.0 Å². The van der Waals surface area contributed by atoms with Gasteiger partial charge in [-0.3, -0.25) is 34.2 Å². The van der Waals surface area contributed by atoms with Crippen molar-refractivity contribution in [3.8, 4) is 0 Å². The molecule has 0 aliphatic carbocycles. The number of anilines is 2. The molecule has 9 nitrogen and oxygen atoms in total. The van der Waals surface area contributed by atoms with E-state index in [0.29, 0.717) is 22.1 Å². The highest BCUT2D eigenvalue weighted by Gasteiger charge is 2.33. The Morgan fingerprint density at radius 2 is 1.89 bits per heavy atom. The number of rotatable bonds is 8. The standard InChI is InChI=1S/C25H25ClN4O5/c1-15-6-7-19(13-20(15)26)28-23(33)12-17-4-3-5-18(11-17)27-16(2)10-24(34)30(14-31)21-8-9-22(32)29-25(21)35/h3-7,10-11,13-14,21,27H,8-9,12H2,1-2H3,(H,28,33)(H,29,32,35)/b16-10+. The summed E-state index contributed by atoms with van der Waals surface area (Å²) in [5.41, 5.74) is 3.31. The molecule has 2 aromatic rings. The molecule has 3 N–H and O–H groups in total. The van der Waals surface area contributed by atoms with Crippen LogP contribution in [0.15, 0.2) is 54.2 Å². The molecular formula is C25H25ClN4O5. The summed E-state index contributed by atoms with van der Waals surface area (Å²) in [7, 11) is 0. The Balaban J connectivity index is 1.62. The molecule has 0 saturated carbocycles. The van der Waals surface area contributed by atoms with E-state index in [-0.39, 0.29) is 31.6 Å². The van der Waals surface area contributed by atoms with E-state index in [4.69, 9.17) is 11.6 Å². The number of imide groups is 2. The summed E-state index contributed by atoms with van der Waals surface area (Å²) in [6.45, 7) is 3.51. The first-order valence-electron chi connectivity index (χ1n) is 10.9. The van der Waals surface area contributed by atoms with Crippen LogP contribution < -0.4 is 16.0 Å². The van der Waals surface area contributed by atoms with Crippen LogP contribution in [0.1, 0.15) is 30.9 Å². The Labute approximate surface area is 207 Å². The molecule has 1 atom stereocenters. The normalized spacial score (nSPS) is 15.7. The molecule has 0 radical (unpaired) electrons. The molecule has 1 heterocycles. The zero-order valence-electron chi connectivity index (χ0n) is 19.3. The van der Waals surface area contributed by atoms with Gasteiger partial charge in [0.25, 0.3) is 5.91 Å². The van der Waals surface area contributed by atoms with Gasteiger partial charge in [0.05, 0.1) is 6.42 Å². The summed E-state index contributed by atoms with van der Waals surface area (Å²) >= 11 is 6.10. The summed E-state index contributed by atoms with van der Waals surface area (Å²) in [5, 5.41) is 8.55. The molecule has 35 heavy (non-hydrogen) atoms. The second-order valence-electron chi connectivity index (χ2n) is 8.16. The third-order valence-corrected chi connectivity index (χ3v) is 5.75. The molecule has 1 aliphatic heterocycles. The van der Waals surface area contributed by atoms with Gasteiger partial charge < -0.3 is 10.6 Å². The van der Waals surface area contributed by atoms with E-state index < -0.39 is 23.8 Å². The number of nitrogens with zero attached hydrogens (tertiary/aromatic N) is 1. The van der Waals surface area contributed by atoms with Crippen LogP contribution in [0.2, 0.25) is 5.02 Å². The van der Waals surface area contributed by atoms with Gasteiger partial charge in [0.15, 0.2) is 0 Å². The molecule has 5 amide bonds. The number of nitrogens with one attached hydrogen (secondary N) is 3. The first-order chi connectivity index (χ1) is 16.7. The monoisotopic (exact) mass is 496 g/mol. The topological polar surface area (TPSA) is 125 Å².